The van der Waals surface area contributed by atoms with Crippen molar-refractivity contribution in [2.24, 2.45) is 0 Å². The molecule has 1 heteroatoms. The zero-order valence-electron chi connectivity index (χ0n) is 12.7. The standard InChI is InChI=1S/C22H15N/c23-15-14-18-13-12-17-7-2-4-10-20(17)22(18)21-11-5-8-16-6-1-3-9-19(16)21/h1-13H,14H2. The van der Waals surface area contributed by atoms with Gasteiger partial charge in [-0.3, -0.25) is 0 Å². The van der Waals surface area contributed by atoms with E-state index in [0.29, 0.717) is 6.42 Å². The Morgan fingerprint density at radius 2 is 1.30 bits per heavy atom. The largest absolute Gasteiger partial charge is 0.198 e. The van der Waals surface area contributed by atoms with E-state index in [1.54, 1.807) is 0 Å². The van der Waals surface area contributed by atoms with E-state index in [0.717, 1.165) is 5.56 Å². The van der Waals surface area contributed by atoms with E-state index in [9.17, 15) is 5.26 Å². The zero-order chi connectivity index (χ0) is 15.6. The minimum absolute atomic E-state index is 0.420. The molecule has 0 N–H and O–H groups in total. The summed E-state index contributed by atoms with van der Waals surface area (Å²) in [6.07, 6.45) is 0.420. The minimum Gasteiger partial charge on any atom is -0.198 e. The molecule has 0 saturated heterocycles. The third kappa shape index (κ3) is 2.25. The molecule has 4 rings (SSSR count). The van der Waals surface area contributed by atoms with Crippen molar-refractivity contribution >= 4 is 21.5 Å². The van der Waals surface area contributed by atoms with Crippen molar-refractivity contribution in [3.8, 4) is 17.2 Å². The highest BCUT2D eigenvalue weighted by Crippen LogP contribution is 2.36. The second-order valence-electron chi connectivity index (χ2n) is 5.68. The van der Waals surface area contributed by atoms with Crippen LogP contribution in [-0.4, -0.2) is 0 Å². The molecule has 0 aromatic heterocycles. The maximum Gasteiger partial charge on any atom is 0.0669 e. The average molecular weight is 293 g/mol. The molecule has 0 aliphatic carbocycles. The molecule has 0 atom stereocenters. The lowest BCUT2D eigenvalue weighted by Gasteiger charge is -2.14. The summed E-state index contributed by atoms with van der Waals surface area (Å²) in [5, 5.41) is 14.1. The summed E-state index contributed by atoms with van der Waals surface area (Å²) >= 11 is 0. The Morgan fingerprint density at radius 1 is 0.652 bits per heavy atom. The number of hydrogen-bond donors (Lipinski definition) is 0. The highest BCUT2D eigenvalue weighted by molar-refractivity contribution is 6.06. The molecule has 4 aromatic rings. The Balaban J connectivity index is 2.15. The number of fused-ring (bicyclic) bond motifs is 2. The Bertz CT molecular complexity index is 1050. The van der Waals surface area contributed by atoms with Crippen LogP contribution in [0.5, 0.6) is 0 Å². The van der Waals surface area contributed by atoms with Crippen LogP contribution in [0.15, 0.2) is 78.9 Å². The molecule has 0 aliphatic rings. The number of hydrogen-bond acceptors (Lipinski definition) is 1. The first-order chi connectivity index (χ1) is 11.4. The van der Waals surface area contributed by atoms with Crippen LogP contribution in [0.4, 0.5) is 0 Å². The van der Waals surface area contributed by atoms with Gasteiger partial charge in [-0.25, -0.2) is 0 Å². The van der Waals surface area contributed by atoms with Crippen molar-refractivity contribution in [1.82, 2.24) is 0 Å². The van der Waals surface area contributed by atoms with Crippen LogP contribution in [0.2, 0.25) is 0 Å². The van der Waals surface area contributed by atoms with Crippen LogP contribution in [0, 0.1) is 11.3 Å². The molecule has 4 aromatic carbocycles. The summed E-state index contributed by atoms with van der Waals surface area (Å²) in [5.74, 6) is 0. The monoisotopic (exact) mass is 293 g/mol. The molecule has 0 amide bonds. The Morgan fingerprint density at radius 3 is 2.09 bits per heavy atom. The summed E-state index contributed by atoms with van der Waals surface area (Å²) in [5.41, 5.74) is 3.47. The molecule has 108 valence electrons. The second kappa shape index (κ2) is 5.59. The second-order valence-corrected chi connectivity index (χ2v) is 5.68. The fourth-order valence-corrected chi connectivity index (χ4v) is 3.31. The van der Waals surface area contributed by atoms with Crippen LogP contribution in [0.3, 0.4) is 0 Å². The number of nitrogens with zero attached hydrogens (tertiary/aromatic N) is 1. The topological polar surface area (TPSA) is 23.8 Å². The molecule has 0 fully saturated rings. The highest BCUT2D eigenvalue weighted by atomic mass is 14.2. The van der Waals surface area contributed by atoms with Gasteiger partial charge in [-0.05, 0) is 38.2 Å². The van der Waals surface area contributed by atoms with Gasteiger partial charge in [-0.15, -0.1) is 0 Å². The van der Waals surface area contributed by atoms with E-state index in [1.165, 1.54) is 32.7 Å². The van der Waals surface area contributed by atoms with E-state index < -0.39 is 0 Å². The first-order valence-electron chi connectivity index (χ1n) is 7.74. The van der Waals surface area contributed by atoms with Crippen molar-refractivity contribution in [2.75, 3.05) is 0 Å². The van der Waals surface area contributed by atoms with Crippen LogP contribution in [0.1, 0.15) is 5.56 Å². The van der Waals surface area contributed by atoms with Gasteiger partial charge < -0.3 is 0 Å². The summed E-state index contributed by atoms with van der Waals surface area (Å²) in [6, 6.07) is 29.7. The quantitative estimate of drug-likeness (QED) is 0.463. The molecule has 0 saturated carbocycles. The van der Waals surface area contributed by atoms with E-state index in [1.807, 2.05) is 0 Å². The van der Waals surface area contributed by atoms with Crippen LogP contribution < -0.4 is 0 Å². The molecule has 1 nitrogen and oxygen atoms in total. The maximum absolute atomic E-state index is 9.23. The van der Waals surface area contributed by atoms with Gasteiger partial charge in [-0.1, -0.05) is 78.9 Å². The fraction of sp³-hybridized carbons (Fsp3) is 0.0455. The van der Waals surface area contributed by atoms with Gasteiger partial charge in [0.05, 0.1) is 12.5 Å². The van der Waals surface area contributed by atoms with Crippen molar-refractivity contribution < 1.29 is 0 Å². The first kappa shape index (κ1) is 13.5. The maximum atomic E-state index is 9.23. The summed E-state index contributed by atoms with van der Waals surface area (Å²) in [6.45, 7) is 0. The van der Waals surface area contributed by atoms with Gasteiger partial charge >= 0.3 is 0 Å². The molecule has 0 heterocycles. The molecule has 0 unspecified atom stereocenters. The normalized spacial score (nSPS) is 10.7. The number of nitriles is 1. The third-order valence-corrected chi connectivity index (χ3v) is 4.34. The van der Waals surface area contributed by atoms with Gasteiger partial charge in [0, 0.05) is 0 Å². The smallest absolute Gasteiger partial charge is 0.0669 e. The average Bonchev–Trinajstić information content (AvgIpc) is 2.61. The van der Waals surface area contributed by atoms with Gasteiger partial charge in [0.2, 0.25) is 0 Å². The van der Waals surface area contributed by atoms with Crippen molar-refractivity contribution in [3.05, 3.63) is 84.4 Å². The van der Waals surface area contributed by atoms with Crippen LogP contribution >= 0.6 is 0 Å². The van der Waals surface area contributed by atoms with Crippen molar-refractivity contribution in [1.29, 1.82) is 5.26 Å². The highest BCUT2D eigenvalue weighted by Gasteiger charge is 2.12. The van der Waals surface area contributed by atoms with Crippen molar-refractivity contribution in [3.63, 3.8) is 0 Å². The number of benzene rings is 4. The summed E-state index contributed by atoms with van der Waals surface area (Å²) in [4.78, 5) is 0. The van der Waals surface area contributed by atoms with Crippen LogP contribution in [-0.2, 0) is 6.42 Å². The SMILES string of the molecule is N#CCc1ccc2ccccc2c1-c1cccc2ccccc12. The Kier molecular flexibility index (Phi) is 3.29. The molecule has 23 heavy (non-hydrogen) atoms. The van der Waals surface area contributed by atoms with Gasteiger partial charge in [0.15, 0.2) is 0 Å². The zero-order valence-corrected chi connectivity index (χ0v) is 12.7. The van der Waals surface area contributed by atoms with E-state index in [4.69, 9.17) is 0 Å². The lowest BCUT2D eigenvalue weighted by atomic mass is 9.89. The number of rotatable bonds is 2. The van der Waals surface area contributed by atoms with E-state index >= 15 is 0 Å². The lowest BCUT2D eigenvalue weighted by molar-refractivity contribution is 1.27. The van der Waals surface area contributed by atoms with Crippen molar-refractivity contribution in [2.45, 2.75) is 6.42 Å². The minimum atomic E-state index is 0.420. The van der Waals surface area contributed by atoms with Crippen LogP contribution in [0.25, 0.3) is 32.7 Å². The van der Waals surface area contributed by atoms with E-state index in [2.05, 4.69) is 84.9 Å². The van der Waals surface area contributed by atoms with Gasteiger partial charge in [0.25, 0.3) is 0 Å². The first-order valence-corrected chi connectivity index (χ1v) is 7.74. The molecule has 0 spiro atoms. The predicted molar refractivity (Wildman–Crippen MR) is 96.2 cm³/mol. The third-order valence-electron chi connectivity index (χ3n) is 4.34. The van der Waals surface area contributed by atoms with E-state index in [-0.39, 0.29) is 0 Å². The predicted octanol–water partition coefficient (Wildman–Crippen LogP) is 5.73. The molecule has 0 aliphatic heterocycles. The van der Waals surface area contributed by atoms with Gasteiger partial charge in [0.1, 0.15) is 0 Å². The molecule has 0 radical (unpaired) electrons. The molecular weight excluding hydrogens is 278 g/mol. The lowest BCUT2D eigenvalue weighted by Crippen LogP contribution is -1.92. The summed E-state index contributed by atoms with van der Waals surface area (Å²) < 4.78 is 0. The molecular formula is C22H15N. The Hall–Kier alpha value is -3.11. The fourth-order valence-electron chi connectivity index (χ4n) is 3.31. The Labute approximate surface area is 135 Å². The molecule has 0 bridgehead atoms. The summed E-state index contributed by atoms with van der Waals surface area (Å²) in [7, 11) is 0. The van der Waals surface area contributed by atoms with Gasteiger partial charge in [-0.2, -0.15) is 5.26 Å².